The number of pyridine rings is 1. The van der Waals surface area contributed by atoms with Gasteiger partial charge < -0.3 is 14.6 Å². The summed E-state index contributed by atoms with van der Waals surface area (Å²) < 4.78 is 11.1. The number of ether oxygens (including phenoxy) is 2. The number of rotatable bonds is 3. The summed E-state index contributed by atoms with van der Waals surface area (Å²) in [6, 6.07) is 8.65. The lowest BCUT2D eigenvalue weighted by atomic mass is 9.97. The number of hydrogen-bond acceptors (Lipinski definition) is 4. The Morgan fingerprint density at radius 3 is 2.90 bits per heavy atom. The molecule has 21 heavy (non-hydrogen) atoms. The number of fused-ring (bicyclic) bond motifs is 1. The lowest BCUT2D eigenvalue weighted by Gasteiger charge is -2.23. The standard InChI is InChI=1S/C15H12ClNO4/c16-14-7-12(3-4-17-14)21-11-1-2-13-9(6-11)5-10(8-20-13)15(18)19/h1-4,6-7,10H,5,8H2,(H,18,19). The summed E-state index contributed by atoms with van der Waals surface area (Å²) in [5.74, 6) is 0.496. The quantitative estimate of drug-likeness (QED) is 0.882. The maximum absolute atomic E-state index is 11.0. The van der Waals surface area contributed by atoms with Gasteiger partial charge in [-0.15, -0.1) is 0 Å². The van der Waals surface area contributed by atoms with Crippen LogP contribution in [0.4, 0.5) is 0 Å². The molecule has 1 aromatic carbocycles. The number of carbonyl (C=O) groups is 1. The molecule has 1 aliphatic heterocycles. The molecule has 5 nitrogen and oxygen atoms in total. The largest absolute Gasteiger partial charge is 0.492 e. The molecule has 0 bridgehead atoms. The van der Waals surface area contributed by atoms with Crippen molar-refractivity contribution in [3.63, 3.8) is 0 Å². The van der Waals surface area contributed by atoms with E-state index in [2.05, 4.69) is 4.98 Å². The van der Waals surface area contributed by atoms with Gasteiger partial charge in [-0.3, -0.25) is 4.79 Å². The van der Waals surface area contributed by atoms with Gasteiger partial charge in [0.1, 0.15) is 29.0 Å². The fraction of sp³-hybridized carbons (Fsp3) is 0.200. The minimum atomic E-state index is -0.854. The van der Waals surface area contributed by atoms with Crippen LogP contribution in [0.1, 0.15) is 5.56 Å². The third kappa shape index (κ3) is 3.08. The van der Waals surface area contributed by atoms with E-state index in [1.165, 1.54) is 0 Å². The van der Waals surface area contributed by atoms with Crippen LogP contribution in [0.3, 0.4) is 0 Å². The van der Waals surface area contributed by atoms with E-state index < -0.39 is 11.9 Å². The second-order valence-electron chi connectivity index (χ2n) is 4.74. The molecule has 6 heteroatoms. The molecule has 0 aliphatic carbocycles. The van der Waals surface area contributed by atoms with Crippen LogP contribution in [0.2, 0.25) is 5.15 Å². The minimum absolute atomic E-state index is 0.197. The molecule has 2 heterocycles. The Labute approximate surface area is 126 Å². The van der Waals surface area contributed by atoms with Gasteiger partial charge in [-0.1, -0.05) is 11.6 Å². The maximum atomic E-state index is 11.0. The molecule has 2 aromatic rings. The van der Waals surface area contributed by atoms with Crippen molar-refractivity contribution in [1.29, 1.82) is 0 Å². The molecule has 108 valence electrons. The first kappa shape index (κ1) is 13.7. The first-order chi connectivity index (χ1) is 10.1. The number of nitrogens with zero attached hydrogens (tertiary/aromatic N) is 1. The van der Waals surface area contributed by atoms with Gasteiger partial charge in [-0.2, -0.15) is 0 Å². The van der Waals surface area contributed by atoms with Gasteiger partial charge in [0.15, 0.2) is 0 Å². The number of carboxylic acids is 1. The van der Waals surface area contributed by atoms with Crippen LogP contribution >= 0.6 is 11.6 Å². The van der Waals surface area contributed by atoms with Crippen LogP contribution in [0.5, 0.6) is 17.2 Å². The molecular formula is C15H12ClNO4. The van der Waals surface area contributed by atoms with Crippen molar-refractivity contribution >= 4 is 17.6 Å². The molecule has 0 fully saturated rings. The van der Waals surface area contributed by atoms with Crippen LogP contribution in [0.25, 0.3) is 0 Å². The Bertz CT molecular complexity index is 689. The summed E-state index contributed by atoms with van der Waals surface area (Å²) in [4.78, 5) is 14.9. The van der Waals surface area contributed by atoms with E-state index in [0.29, 0.717) is 28.8 Å². The van der Waals surface area contributed by atoms with Crippen molar-refractivity contribution in [2.45, 2.75) is 6.42 Å². The zero-order chi connectivity index (χ0) is 14.8. The molecule has 1 aliphatic rings. The summed E-state index contributed by atoms with van der Waals surface area (Å²) in [5.41, 5.74) is 0.825. The predicted molar refractivity (Wildman–Crippen MR) is 76.1 cm³/mol. The van der Waals surface area contributed by atoms with Crippen LogP contribution in [0.15, 0.2) is 36.5 Å². The Kier molecular flexibility index (Phi) is 3.66. The third-order valence-corrected chi connectivity index (χ3v) is 3.43. The first-order valence-electron chi connectivity index (χ1n) is 6.40. The number of aliphatic carboxylic acids is 1. The molecule has 1 unspecified atom stereocenters. The van der Waals surface area contributed by atoms with E-state index in [4.69, 9.17) is 26.2 Å². The van der Waals surface area contributed by atoms with Crippen LogP contribution in [0, 0.1) is 5.92 Å². The average Bonchev–Trinajstić information content (AvgIpc) is 2.46. The Balaban J connectivity index is 1.82. The van der Waals surface area contributed by atoms with E-state index in [-0.39, 0.29) is 6.61 Å². The predicted octanol–water partition coefficient (Wildman–Crippen LogP) is 3.16. The molecule has 1 N–H and O–H groups in total. The normalized spacial score (nSPS) is 16.7. The summed E-state index contributed by atoms with van der Waals surface area (Å²) in [7, 11) is 0. The third-order valence-electron chi connectivity index (χ3n) is 3.22. The van der Waals surface area contributed by atoms with Gasteiger partial charge in [0.25, 0.3) is 0 Å². The van der Waals surface area contributed by atoms with Gasteiger partial charge in [0.2, 0.25) is 0 Å². The van der Waals surface area contributed by atoms with Crippen LogP contribution < -0.4 is 9.47 Å². The molecule has 0 spiro atoms. The van der Waals surface area contributed by atoms with Crippen molar-refractivity contribution < 1.29 is 19.4 Å². The minimum Gasteiger partial charge on any atom is -0.492 e. The van der Waals surface area contributed by atoms with Crippen molar-refractivity contribution in [3.8, 4) is 17.2 Å². The first-order valence-corrected chi connectivity index (χ1v) is 6.77. The highest BCUT2D eigenvalue weighted by Gasteiger charge is 2.25. The Hall–Kier alpha value is -2.27. The Morgan fingerprint density at radius 2 is 2.14 bits per heavy atom. The van der Waals surface area contributed by atoms with Crippen molar-refractivity contribution in [2.75, 3.05) is 6.61 Å². The molecular weight excluding hydrogens is 294 g/mol. The number of benzene rings is 1. The van der Waals surface area contributed by atoms with E-state index in [0.717, 1.165) is 5.56 Å². The fourth-order valence-corrected chi connectivity index (χ4v) is 2.34. The van der Waals surface area contributed by atoms with Gasteiger partial charge in [-0.25, -0.2) is 4.98 Å². The van der Waals surface area contributed by atoms with E-state index in [1.807, 2.05) is 0 Å². The highest BCUT2D eigenvalue weighted by atomic mass is 35.5. The molecule has 0 amide bonds. The van der Waals surface area contributed by atoms with E-state index >= 15 is 0 Å². The highest BCUT2D eigenvalue weighted by Crippen LogP contribution is 2.32. The zero-order valence-corrected chi connectivity index (χ0v) is 11.7. The SMILES string of the molecule is O=C(O)C1COc2ccc(Oc3ccnc(Cl)c3)cc2C1. The highest BCUT2D eigenvalue weighted by molar-refractivity contribution is 6.29. The van der Waals surface area contributed by atoms with Crippen molar-refractivity contribution in [1.82, 2.24) is 4.98 Å². The molecule has 0 saturated heterocycles. The summed E-state index contributed by atoms with van der Waals surface area (Å²) in [6.07, 6.45) is 1.98. The van der Waals surface area contributed by atoms with Crippen molar-refractivity contribution in [3.05, 3.63) is 47.2 Å². The molecule has 1 atom stereocenters. The topological polar surface area (TPSA) is 68.7 Å². The number of aromatic nitrogens is 1. The maximum Gasteiger partial charge on any atom is 0.310 e. The zero-order valence-electron chi connectivity index (χ0n) is 11.0. The number of halogens is 1. The van der Waals surface area contributed by atoms with Crippen molar-refractivity contribution in [2.24, 2.45) is 5.92 Å². The monoisotopic (exact) mass is 305 g/mol. The lowest BCUT2D eigenvalue weighted by molar-refractivity contribution is -0.143. The van der Waals surface area contributed by atoms with Crippen LogP contribution in [-0.4, -0.2) is 22.7 Å². The van der Waals surface area contributed by atoms with E-state index in [9.17, 15) is 4.79 Å². The molecule has 0 radical (unpaired) electrons. The smallest absolute Gasteiger partial charge is 0.310 e. The second kappa shape index (κ2) is 5.61. The molecule has 3 rings (SSSR count). The summed E-state index contributed by atoms with van der Waals surface area (Å²) >= 11 is 5.80. The van der Waals surface area contributed by atoms with Gasteiger partial charge >= 0.3 is 5.97 Å². The van der Waals surface area contributed by atoms with Gasteiger partial charge in [-0.05, 0) is 36.2 Å². The van der Waals surface area contributed by atoms with Gasteiger partial charge in [0, 0.05) is 12.3 Å². The number of carboxylic acid groups (broad SMARTS) is 1. The van der Waals surface area contributed by atoms with Crippen LogP contribution in [-0.2, 0) is 11.2 Å². The molecule has 0 saturated carbocycles. The second-order valence-corrected chi connectivity index (χ2v) is 5.12. The summed E-state index contributed by atoms with van der Waals surface area (Å²) in [5, 5.41) is 9.41. The lowest BCUT2D eigenvalue weighted by Crippen LogP contribution is -2.27. The average molecular weight is 306 g/mol. The fourth-order valence-electron chi connectivity index (χ4n) is 2.18. The van der Waals surface area contributed by atoms with Gasteiger partial charge in [0.05, 0.1) is 5.92 Å². The Morgan fingerprint density at radius 1 is 1.33 bits per heavy atom. The number of hydrogen-bond donors (Lipinski definition) is 1. The molecule has 1 aromatic heterocycles. The van der Waals surface area contributed by atoms with E-state index in [1.54, 1.807) is 36.5 Å². The summed E-state index contributed by atoms with van der Waals surface area (Å²) in [6.45, 7) is 0.197.